The van der Waals surface area contributed by atoms with Gasteiger partial charge in [-0.3, -0.25) is 0 Å². The molecule has 80 valence electrons. The summed E-state index contributed by atoms with van der Waals surface area (Å²) in [6.07, 6.45) is 0. The number of hydrogen-bond donors (Lipinski definition) is 0. The first-order chi connectivity index (χ1) is 7.68. The molecule has 0 amide bonds. The maximum Gasteiger partial charge on any atom is 0.131 e. The summed E-state index contributed by atoms with van der Waals surface area (Å²) in [5.74, 6) is -0.270. The summed E-state index contributed by atoms with van der Waals surface area (Å²) in [5, 5.41) is 0. The zero-order valence-corrected chi connectivity index (χ0v) is 9.72. The van der Waals surface area contributed by atoms with Gasteiger partial charge in [0.25, 0.3) is 0 Å². The van der Waals surface area contributed by atoms with Crippen LogP contribution >= 0.6 is 12.2 Å². The quantitative estimate of drug-likeness (QED) is 0.557. The minimum Gasteiger partial charge on any atom is -0.206 e. The Bertz CT molecular complexity index is 515. The van der Waals surface area contributed by atoms with Crippen LogP contribution in [0.5, 0.6) is 0 Å². The molecule has 0 saturated heterocycles. The van der Waals surface area contributed by atoms with Crippen LogP contribution in [0.4, 0.5) is 4.39 Å². The maximum absolute atomic E-state index is 13.5. The van der Waals surface area contributed by atoms with Gasteiger partial charge in [-0.2, -0.15) is 0 Å². The van der Waals surface area contributed by atoms with E-state index in [1.165, 1.54) is 11.6 Å². The summed E-state index contributed by atoms with van der Waals surface area (Å²) in [6, 6.07) is 14.4. The molecule has 2 heteroatoms. The molecule has 2 aromatic rings. The summed E-state index contributed by atoms with van der Waals surface area (Å²) in [4.78, 5) is 0.554. The largest absolute Gasteiger partial charge is 0.206 e. The zero-order valence-electron chi connectivity index (χ0n) is 8.91. The molecule has 0 saturated carbocycles. The van der Waals surface area contributed by atoms with Crippen molar-refractivity contribution in [3.05, 3.63) is 71.0 Å². The van der Waals surface area contributed by atoms with Crippen molar-refractivity contribution in [1.82, 2.24) is 0 Å². The molecule has 2 rings (SSSR count). The Balaban J connectivity index is 2.40. The van der Waals surface area contributed by atoms with Gasteiger partial charge in [-0.1, -0.05) is 60.2 Å². The first-order valence-electron chi connectivity index (χ1n) is 5.04. The fraction of sp³-hybridized carbons (Fsp3) is 0.0714. The molecular formula is C14H11FS. The summed E-state index contributed by atoms with van der Waals surface area (Å²) >= 11 is 5.28. The molecule has 0 unspecified atom stereocenters. The van der Waals surface area contributed by atoms with Gasteiger partial charge in [0, 0.05) is 5.56 Å². The van der Waals surface area contributed by atoms with Crippen molar-refractivity contribution in [2.45, 2.75) is 6.92 Å². The molecule has 0 fully saturated rings. The second-order valence-corrected chi connectivity index (χ2v) is 4.08. The standard InChI is InChI=1S/C14H11FS/c1-10-6-8-11(9-7-10)14(16)12-4-2-3-5-13(12)15/h2-9H,1H3. The third-order valence-electron chi connectivity index (χ3n) is 2.43. The van der Waals surface area contributed by atoms with E-state index in [1.54, 1.807) is 18.2 Å². The fourth-order valence-corrected chi connectivity index (χ4v) is 1.81. The molecular weight excluding hydrogens is 219 g/mol. The van der Waals surface area contributed by atoms with E-state index in [9.17, 15) is 4.39 Å². The van der Waals surface area contributed by atoms with Gasteiger partial charge in [0.05, 0.1) is 4.86 Å². The number of thiocarbonyl (C=S) groups is 1. The van der Waals surface area contributed by atoms with Crippen LogP contribution in [-0.2, 0) is 0 Å². The Kier molecular flexibility index (Phi) is 3.11. The minimum absolute atomic E-state index is 0.270. The highest BCUT2D eigenvalue weighted by atomic mass is 32.1. The molecule has 0 nitrogen and oxygen atoms in total. The molecule has 0 atom stereocenters. The predicted octanol–water partition coefficient (Wildman–Crippen LogP) is 3.90. The highest BCUT2D eigenvalue weighted by Gasteiger charge is 2.08. The van der Waals surface area contributed by atoms with Crippen molar-refractivity contribution >= 4 is 17.1 Å². The third kappa shape index (κ3) is 2.17. The van der Waals surface area contributed by atoms with Gasteiger partial charge in [-0.25, -0.2) is 4.39 Å². The van der Waals surface area contributed by atoms with E-state index in [0.717, 1.165) is 5.56 Å². The Morgan fingerprint density at radius 2 is 1.62 bits per heavy atom. The molecule has 0 aromatic heterocycles. The second-order valence-electron chi connectivity index (χ2n) is 3.67. The lowest BCUT2D eigenvalue weighted by molar-refractivity contribution is 0.626. The molecule has 0 radical (unpaired) electrons. The van der Waals surface area contributed by atoms with Crippen LogP contribution in [0.25, 0.3) is 0 Å². The number of rotatable bonds is 2. The Morgan fingerprint density at radius 1 is 1.00 bits per heavy atom. The molecule has 2 aromatic carbocycles. The Hall–Kier alpha value is -1.54. The lowest BCUT2D eigenvalue weighted by Gasteiger charge is -2.05. The van der Waals surface area contributed by atoms with Gasteiger partial charge in [-0.05, 0) is 18.6 Å². The van der Waals surface area contributed by atoms with Crippen molar-refractivity contribution in [2.24, 2.45) is 0 Å². The molecule has 0 N–H and O–H groups in total. The van der Waals surface area contributed by atoms with Gasteiger partial charge in [0.15, 0.2) is 0 Å². The SMILES string of the molecule is Cc1ccc(C(=S)c2ccccc2F)cc1. The van der Waals surface area contributed by atoms with Crippen molar-refractivity contribution in [2.75, 3.05) is 0 Å². The Labute approximate surface area is 99.7 Å². The molecule has 16 heavy (non-hydrogen) atoms. The van der Waals surface area contributed by atoms with Crippen LogP contribution in [-0.4, -0.2) is 4.86 Å². The topological polar surface area (TPSA) is 0 Å². The Morgan fingerprint density at radius 3 is 2.25 bits per heavy atom. The average Bonchev–Trinajstić information content (AvgIpc) is 2.30. The van der Waals surface area contributed by atoms with Gasteiger partial charge in [0.1, 0.15) is 5.82 Å². The first kappa shape index (κ1) is 11.0. The first-order valence-corrected chi connectivity index (χ1v) is 5.45. The monoisotopic (exact) mass is 230 g/mol. The molecule has 0 aliphatic heterocycles. The highest BCUT2D eigenvalue weighted by molar-refractivity contribution is 7.81. The molecule has 0 bridgehead atoms. The summed E-state index contributed by atoms with van der Waals surface area (Å²) in [5.41, 5.74) is 2.53. The van der Waals surface area contributed by atoms with E-state index in [2.05, 4.69) is 0 Å². The highest BCUT2D eigenvalue weighted by Crippen LogP contribution is 2.15. The third-order valence-corrected chi connectivity index (χ3v) is 2.89. The van der Waals surface area contributed by atoms with Gasteiger partial charge in [0.2, 0.25) is 0 Å². The smallest absolute Gasteiger partial charge is 0.131 e. The van der Waals surface area contributed by atoms with Gasteiger partial charge >= 0.3 is 0 Å². The van der Waals surface area contributed by atoms with E-state index >= 15 is 0 Å². The summed E-state index contributed by atoms with van der Waals surface area (Å²) in [6.45, 7) is 2.01. The van der Waals surface area contributed by atoms with E-state index in [1.807, 2.05) is 31.2 Å². The van der Waals surface area contributed by atoms with Crippen molar-refractivity contribution in [3.8, 4) is 0 Å². The van der Waals surface area contributed by atoms with Crippen molar-refractivity contribution in [3.63, 3.8) is 0 Å². The van der Waals surface area contributed by atoms with Crippen LogP contribution < -0.4 is 0 Å². The van der Waals surface area contributed by atoms with E-state index in [4.69, 9.17) is 12.2 Å². The average molecular weight is 230 g/mol. The van der Waals surface area contributed by atoms with Crippen LogP contribution in [0.3, 0.4) is 0 Å². The normalized spacial score (nSPS) is 10.1. The summed E-state index contributed by atoms with van der Waals surface area (Å²) in [7, 11) is 0. The summed E-state index contributed by atoms with van der Waals surface area (Å²) < 4.78 is 13.5. The molecule has 0 aliphatic carbocycles. The molecule has 0 heterocycles. The van der Waals surface area contributed by atoms with E-state index < -0.39 is 0 Å². The minimum atomic E-state index is -0.270. The maximum atomic E-state index is 13.5. The van der Waals surface area contributed by atoms with Gasteiger partial charge in [-0.15, -0.1) is 0 Å². The fourth-order valence-electron chi connectivity index (χ4n) is 1.51. The van der Waals surface area contributed by atoms with Crippen LogP contribution in [0.1, 0.15) is 16.7 Å². The lowest BCUT2D eigenvalue weighted by atomic mass is 10.0. The lowest BCUT2D eigenvalue weighted by Crippen LogP contribution is -2.02. The second kappa shape index (κ2) is 4.54. The molecule has 0 aliphatic rings. The van der Waals surface area contributed by atoms with Crippen LogP contribution in [0.2, 0.25) is 0 Å². The molecule has 0 spiro atoms. The zero-order chi connectivity index (χ0) is 11.5. The van der Waals surface area contributed by atoms with Crippen molar-refractivity contribution < 1.29 is 4.39 Å². The predicted molar refractivity (Wildman–Crippen MR) is 68.4 cm³/mol. The van der Waals surface area contributed by atoms with E-state index in [0.29, 0.717) is 10.4 Å². The number of halogens is 1. The van der Waals surface area contributed by atoms with Crippen LogP contribution in [0, 0.1) is 12.7 Å². The van der Waals surface area contributed by atoms with Crippen LogP contribution in [0.15, 0.2) is 48.5 Å². The van der Waals surface area contributed by atoms with E-state index in [-0.39, 0.29) is 5.82 Å². The number of benzene rings is 2. The number of aryl methyl sites for hydroxylation is 1. The number of hydrogen-bond acceptors (Lipinski definition) is 1. The van der Waals surface area contributed by atoms with Crippen molar-refractivity contribution in [1.29, 1.82) is 0 Å². The van der Waals surface area contributed by atoms with Gasteiger partial charge < -0.3 is 0 Å².